The van der Waals surface area contributed by atoms with Gasteiger partial charge in [-0.15, -0.1) is 0 Å². The maximum absolute atomic E-state index is 10.9. The van der Waals surface area contributed by atoms with Gasteiger partial charge in [0.15, 0.2) is 0 Å². The number of aliphatic hydroxyl groups is 1. The summed E-state index contributed by atoms with van der Waals surface area (Å²) >= 11 is 0. The molecule has 0 amide bonds. The first-order valence-electron chi connectivity index (χ1n) is 8.59. The molecule has 3 nitrogen and oxygen atoms in total. The van der Waals surface area contributed by atoms with E-state index in [1.807, 2.05) is 0 Å². The zero-order chi connectivity index (χ0) is 14.0. The molecule has 116 valence electrons. The number of methoxy groups -OCH3 is 1. The summed E-state index contributed by atoms with van der Waals surface area (Å²) < 4.78 is 11.7. The summed E-state index contributed by atoms with van der Waals surface area (Å²) in [5.41, 5.74) is 0.120. The molecular formula is C17H30O3. The third-order valence-corrected chi connectivity index (χ3v) is 6.00. The first-order chi connectivity index (χ1) is 9.74. The van der Waals surface area contributed by atoms with Crippen LogP contribution in [-0.4, -0.2) is 36.6 Å². The Morgan fingerprint density at radius 3 is 2.40 bits per heavy atom. The van der Waals surface area contributed by atoms with Gasteiger partial charge >= 0.3 is 0 Å². The van der Waals surface area contributed by atoms with E-state index in [2.05, 4.69) is 0 Å². The Hall–Kier alpha value is -0.120. The molecule has 20 heavy (non-hydrogen) atoms. The molecule has 0 aromatic rings. The zero-order valence-corrected chi connectivity index (χ0v) is 12.9. The molecule has 1 aliphatic heterocycles. The van der Waals surface area contributed by atoms with Crippen LogP contribution in [0.3, 0.4) is 0 Å². The molecule has 1 spiro atoms. The molecule has 1 heterocycles. The standard InChI is InChI=1S/C17H30O3/c1-19-16(13-6-3-2-4-7-13)15(18)14-8-11-20-17(12-14)9-5-10-17/h13-16,18H,2-12H2,1H3. The Morgan fingerprint density at radius 1 is 1.05 bits per heavy atom. The predicted octanol–water partition coefficient (Wildman–Crippen LogP) is 3.29. The van der Waals surface area contributed by atoms with Crippen LogP contribution in [0.15, 0.2) is 0 Å². The van der Waals surface area contributed by atoms with Gasteiger partial charge in [-0.05, 0) is 56.8 Å². The van der Waals surface area contributed by atoms with Gasteiger partial charge in [0.2, 0.25) is 0 Å². The second-order valence-electron chi connectivity index (χ2n) is 7.23. The van der Waals surface area contributed by atoms with Crippen molar-refractivity contribution in [1.82, 2.24) is 0 Å². The van der Waals surface area contributed by atoms with Crippen LogP contribution in [0.1, 0.15) is 64.2 Å². The molecule has 3 rings (SSSR count). The Bertz CT molecular complexity index is 307. The minimum atomic E-state index is -0.301. The summed E-state index contributed by atoms with van der Waals surface area (Å²) in [5, 5.41) is 10.9. The lowest BCUT2D eigenvalue weighted by Crippen LogP contribution is -2.51. The van der Waals surface area contributed by atoms with Gasteiger partial charge < -0.3 is 14.6 Å². The lowest BCUT2D eigenvalue weighted by atomic mass is 9.69. The topological polar surface area (TPSA) is 38.7 Å². The third-order valence-electron chi connectivity index (χ3n) is 6.00. The van der Waals surface area contributed by atoms with E-state index in [9.17, 15) is 5.11 Å². The van der Waals surface area contributed by atoms with Gasteiger partial charge in [-0.3, -0.25) is 0 Å². The highest BCUT2D eigenvalue weighted by atomic mass is 16.5. The van der Waals surface area contributed by atoms with Crippen molar-refractivity contribution >= 4 is 0 Å². The average molecular weight is 282 g/mol. The number of ether oxygens (including phenoxy) is 2. The molecule has 1 N–H and O–H groups in total. The molecule has 3 atom stereocenters. The van der Waals surface area contributed by atoms with E-state index in [4.69, 9.17) is 9.47 Å². The van der Waals surface area contributed by atoms with E-state index in [1.165, 1.54) is 51.4 Å². The van der Waals surface area contributed by atoms with Gasteiger partial charge in [-0.1, -0.05) is 19.3 Å². The number of aliphatic hydroxyl groups excluding tert-OH is 1. The van der Waals surface area contributed by atoms with Crippen molar-refractivity contribution in [2.24, 2.45) is 11.8 Å². The smallest absolute Gasteiger partial charge is 0.0860 e. The fraction of sp³-hybridized carbons (Fsp3) is 1.00. The largest absolute Gasteiger partial charge is 0.390 e. The summed E-state index contributed by atoms with van der Waals surface area (Å²) in [6.45, 7) is 0.822. The van der Waals surface area contributed by atoms with E-state index >= 15 is 0 Å². The monoisotopic (exact) mass is 282 g/mol. The van der Waals surface area contributed by atoms with Crippen molar-refractivity contribution in [3.05, 3.63) is 0 Å². The maximum Gasteiger partial charge on any atom is 0.0860 e. The molecular weight excluding hydrogens is 252 g/mol. The van der Waals surface area contributed by atoms with Crippen molar-refractivity contribution in [3.63, 3.8) is 0 Å². The van der Waals surface area contributed by atoms with Gasteiger partial charge in [-0.25, -0.2) is 0 Å². The lowest BCUT2D eigenvalue weighted by Gasteiger charge is -2.49. The quantitative estimate of drug-likeness (QED) is 0.860. The normalized spacial score (nSPS) is 33.6. The fourth-order valence-corrected chi connectivity index (χ4v) is 4.62. The van der Waals surface area contributed by atoms with E-state index in [-0.39, 0.29) is 17.8 Å². The molecule has 3 heteroatoms. The highest BCUT2D eigenvalue weighted by Gasteiger charge is 2.46. The Kier molecular flexibility index (Phi) is 4.68. The molecule has 2 saturated carbocycles. The average Bonchev–Trinajstić information content (AvgIpc) is 2.47. The first-order valence-corrected chi connectivity index (χ1v) is 8.59. The van der Waals surface area contributed by atoms with Crippen molar-refractivity contribution in [1.29, 1.82) is 0 Å². The molecule has 2 aliphatic carbocycles. The molecule has 0 aromatic carbocycles. The van der Waals surface area contributed by atoms with E-state index < -0.39 is 0 Å². The molecule has 1 saturated heterocycles. The summed E-state index contributed by atoms with van der Waals surface area (Å²) in [4.78, 5) is 0. The van der Waals surface area contributed by atoms with Crippen LogP contribution in [0.4, 0.5) is 0 Å². The molecule has 0 bridgehead atoms. The second kappa shape index (κ2) is 6.33. The van der Waals surface area contributed by atoms with E-state index in [0.29, 0.717) is 11.8 Å². The molecule has 3 unspecified atom stereocenters. The predicted molar refractivity (Wildman–Crippen MR) is 78.6 cm³/mol. The summed E-state index contributed by atoms with van der Waals surface area (Å²) in [6.07, 6.45) is 11.9. The minimum absolute atomic E-state index is 0.0375. The Balaban J connectivity index is 1.61. The molecule has 0 radical (unpaired) electrons. The number of rotatable bonds is 4. The maximum atomic E-state index is 10.9. The summed E-state index contributed by atoms with van der Waals surface area (Å²) in [5.74, 6) is 0.930. The highest BCUT2D eigenvalue weighted by Crippen LogP contribution is 2.46. The Morgan fingerprint density at radius 2 is 1.80 bits per heavy atom. The number of hydrogen-bond acceptors (Lipinski definition) is 3. The van der Waals surface area contributed by atoms with E-state index in [0.717, 1.165) is 19.4 Å². The minimum Gasteiger partial charge on any atom is -0.390 e. The van der Waals surface area contributed by atoms with Crippen molar-refractivity contribution in [2.45, 2.75) is 82.0 Å². The first kappa shape index (κ1) is 14.8. The van der Waals surface area contributed by atoms with Crippen LogP contribution in [0, 0.1) is 11.8 Å². The van der Waals surface area contributed by atoms with Gasteiger partial charge in [-0.2, -0.15) is 0 Å². The van der Waals surface area contributed by atoms with Crippen LogP contribution in [0.25, 0.3) is 0 Å². The fourth-order valence-electron chi connectivity index (χ4n) is 4.62. The van der Waals surface area contributed by atoms with Gasteiger partial charge in [0.1, 0.15) is 0 Å². The molecule has 0 aromatic heterocycles. The second-order valence-corrected chi connectivity index (χ2v) is 7.23. The van der Waals surface area contributed by atoms with Crippen molar-refractivity contribution < 1.29 is 14.6 Å². The number of hydrogen-bond donors (Lipinski definition) is 1. The van der Waals surface area contributed by atoms with Gasteiger partial charge in [0.05, 0.1) is 17.8 Å². The van der Waals surface area contributed by atoms with Crippen LogP contribution >= 0.6 is 0 Å². The van der Waals surface area contributed by atoms with Crippen molar-refractivity contribution in [3.8, 4) is 0 Å². The SMILES string of the molecule is COC(C1CCCCC1)C(O)C1CCOC2(CCC2)C1. The highest BCUT2D eigenvalue weighted by molar-refractivity contribution is 4.97. The van der Waals surface area contributed by atoms with Crippen LogP contribution in [0.2, 0.25) is 0 Å². The molecule has 3 fully saturated rings. The molecule has 3 aliphatic rings. The summed E-state index contributed by atoms with van der Waals surface area (Å²) in [7, 11) is 1.78. The zero-order valence-electron chi connectivity index (χ0n) is 12.9. The Labute approximate surface area is 123 Å². The summed E-state index contributed by atoms with van der Waals surface area (Å²) in [6, 6.07) is 0. The van der Waals surface area contributed by atoms with Crippen molar-refractivity contribution in [2.75, 3.05) is 13.7 Å². The van der Waals surface area contributed by atoms with Gasteiger partial charge in [0.25, 0.3) is 0 Å². The lowest BCUT2D eigenvalue weighted by molar-refractivity contribution is -0.173. The van der Waals surface area contributed by atoms with Crippen LogP contribution in [0.5, 0.6) is 0 Å². The van der Waals surface area contributed by atoms with E-state index in [1.54, 1.807) is 7.11 Å². The third kappa shape index (κ3) is 2.90. The van der Waals surface area contributed by atoms with Crippen LogP contribution < -0.4 is 0 Å². The van der Waals surface area contributed by atoms with Gasteiger partial charge in [0, 0.05) is 13.7 Å². The van der Waals surface area contributed by atoms with Crippen LogP contribution in [-0.2, 0) is 9.47 Å².